The Hall–Kier alpha value is -2.50. The third-order valence-corrected chi connectivity index (χ3v) is 6.43. The average Bonchev–Trinajstić information content (AvgIpc) is 2.74. The monoisotopic (exact) mass is 537 g/mol. The van der Waals surface area contributed by atoms with Crippen LogP contribution in [-0.4, -0.2) is 15.5 Å². The van der Waals surface area contributed by atoms with E-state index in [4.69, 9.17) is 32.1 Å². The minimum atomic E-state index is -4.17. The second-order valence-corrected chi connectivity index (χ2v) is 9.51. The maximum absolute atomic E-state index is 12.6. The SMILES string of the molecule is COc1cc(/C=C(\C#N)c2ccc(Br)cc2)cc(Cl)c1OS(=O)(=O)c1ccc(Cl)cc1. The van der Waals surface area contributed by atoms with Crippen LogP contribution in [0.4, 0.5) is 0 Å². The van der Waals surface area contributed by atoms with E-state index in [0.29, 0.717) is 21.7 Å². The van der Waals surface area contributed by atoms with Gasteiger partial charge in [-0.2, -0.15) is 13.7 Å². The molecule has 9 heteroatoms. The van der Waals surface area contributed by atoms with E-state index >= 15 is 0 Å². The number of nitriles is 1. The summed E-state index contributed by atoms with van der Waals surface area (Å²) in [7, 11) is -2.81. The number of benzene rings is 3. The summed E-state index contributed by atoms with van der Waals surface area (Å²) in [5.74, 6) is -0.0530. The molecule has 31 heavy (non-hydrogen) atoms. The lowest BCUT2D eigenvalue weighted by Gasteiger charge is -2.13. The van der Waals surface area contributed by atoms with E-state index < -0.39 is 10.1 Å². The Labute approximate surface area is 198 Å². The van der Waals surface area contributed by atoms with Crippen molar-refractivity contribution < 1.29 is 17.3 Å². The Kier molecular flexibility index (Phi) is 7.29. The highest BCUT2D eigenvalue weighted by Crippen LogP contribution is 2.39. The molecule has 0 saturated heterocycles. The largest absolute Gasteiger partial charge is 0.493 e. The van der Waals surface area contributed by atoms with Gasteiger partial charge in [-0.3, -0.25) is 0 Å². The van der Waals surface area contributed by atoms with Gasteiger partial charge in [0.15, 0.2) is 5.75 Å². The van der Waals surface area contributed by atoms with Crippen LogP contribution >= 0.6 is 39.1 Å². The molecule has 3 aromatic carbocycles. The first kappa shape index (κ1) is 23.2. The van der Waals surface area contributed by atoms with Gasteiger partial charge in [0.05, 0.1) is 23.8 Å². The molecule has 0 N–H and O–H groups in total. The van der Waals surface area contributed by atoms with Gasteiger partial charge in [0, 0.05) is 9.50 Å². The summed E-state index contributed by atoms with van der Waals surface area (Å²) < 4.78 is 36.7. The molecule has 0 spiro atoms. The lowest BCUT2D eigenvalue weighted by molar-refractivity contribution is 0.390. The van der Waals surface area contributed by atoms with E-state index in [2.05, 4.69) is 22.0 Å². The third-order valence-electron chi connectivity index (χ3n) is 4.13. The number of ether oxygens (including phenoxy) is 1. The molecular formula is C22H14BrCl2NO4S. The number of methoxy groups -OCH3 is 1. The summed E-state index contributed by atoms with van der Waals surface area (Å²) in [6.45, 7) is 0. The van der Waals surface area contributed by atoms with Crippen LogP contribution in [0.5, 0.6) is 11.5 Å². The summed E-state index contributed by atoms with van der Waals surface area (Å²) in [6, 6.07) is 18.0. The Morgan fingerprint density at radius 1 is 1.06 bits per heavy atom. The molecule has 0 amide bonds. The molecule has 0 bridgehead atoms. The van der Waals surface area contributed by atoms with Gasteiger partial charge in [0.25, 0.3) is 0 Å². The standard InChI is InChI=1S/C22H14BrCl2NO4S/c1-29-21-12-14(10-16(13-26)15-2-4-17(23)5-3-15)11-20(25)22(21)30-31(27,28)19-8-6-18(24)7-9-19/h2-12H,1H3/b16-10+. The lowest BCUT2D eigenvalue weighted by Crippen LogP contribution is -2.10. The van der Waals surface area contributed by atoms with Crippen molar-refractivity contribution in [3.8, 4) is 17.6 Å². The lowest BCUT2D eigenvalue weighted by atomic mass is 10.0. The highest BCUT2D eigenvalue weighted by atomic mass is 79.9. The molecule has 5 nitrogen and oxygen atoms in total. The van der Waals surface area contributed by atoms with Crippen LogP contribution in [0.3, 0.4) is 0 Å². The van der Waals surface area contributed by atoms with Crippen molar-refractivity contribution in [2.24, 2.45) is 0 Å². The quantitative estimate of drug-likeness (QED) is 0.201. The van der Waals surface area contributed by atoms with Crippen molar-refractivity contribution in [1.29, 1.82) is 5.26 Å². The number of allylic oxidation sites excluding steroid dienone is 1. The van der Waals surface area contributed by atoms with Crippen LogP contribution in [0, 0.1) is 11.3 Å². The number of hydrogen-bond acceptors (Lipinski definition) is 5. The summed E-state index contributed by atoms with van der Waals surface area (Å²) in [4.78, 5) is -0.0824. The molecule has 3 rings (SSSR count). The fourth-order valence-electron chi connectivity index (χ4n) is 2.64. The fraction of sp³-hybridized carbons (Fsp3) is 0.0455. The van der Waals surface area contributed by atoms with Gasteiger partial charge in [0.1, 0.15) is 4.90 Å². The van der Waals surface area contributed by atoms with Crippen LogP contribution < -0.4 is 8.92 Å². The number of hydrogen-bond donors (Lipinski definition) is 0. The van der Waals surface area contributed by atoms with E-state index in [1.807, 2.05) is 12.1 Å². The van der Waals surface area contributed by atoms with Gasteiger partial charge in [-0.15, -0.1) is 0 Å². The minimum Gasteiger partial charge on any atom is -0.493 e. The topological polar surface area (TPSA) is 76.4 Å². The molecule has 0 fully saturated rings. The summed E-state index contributed by atoms with van der Waals surface area (Å²) in [5.41, 5.74) is 1.65. The third kappa shape index (κ3) is 5.60. The summed E-state index contributed by atoms with van der Waals surface area (Å²) in [5, 5.41) is 9.95. The number of halogens is 3. The zero-order chi connectivity index (χ0) is 22.6. The molecule has 0 radical (unpaired) electrons. The molecule has 0 aliphatic carbocycles. The number of rotatable bonds is 6. The molecule has 0 aliphatic rings. The van der Waals surface area contributed by atoms with Crippen LogP contribution in [0.2, 0.25) is 10.0 Å². The highest BCUT2D eigenvalue weighted by Gasteiger charge is 2.22. The molecule has 0 aliphatic heterocycles. The van der Waals surface area contributed by atoms with Crippen molar-refractivity contribution in [2.75, 3.05) is 7.11 Å². The average molecular weight is 539 g/mol. The normalized spacial score (nSPS) is 11.6. The Morgan fingerprint density at radius 3 is 2.29 bits per heavy atom. The van der Waals surface area contributed by atoms with E-state index in [9.17, 15) is 13.7 Å². The minimum absolute atomic E-state index is 0.0104. The van der Waals surface area contributed by atoms with E-state index in [1.54, 1.807) is 18.2 Å². The van der Waals surface area contributed by atoms with Crippen molar-refractivity contribution in [3.63, 3.8) is 0 Å². The highest BCUT2D eigenvalue weighted by molar-refractivity contribution is 9.10. The van der Waals surface area contributed by atoms with Gasteiger partial charge < -0.3 is 8.92 Å². The Bertz CT molecular complexity index is 1280. The van der Waals surface area contributed by atoms with Gasteiger partial charge in [-0.25, -0.2) is 0 Å². The molecule has 0 aromatic heterocycles. The fourth-order valence-corrected chi connectivity index (χ4v) is 4.29. The predicted molar refractivity (Wildman–Crippen MR) is 125 cm³/mol. The predicted octanol–water partition coefficient (Wildman–Crippen LogP) is 6.60. The molecule has 158 valence electrons. The second-order valence-electron chi connectivity index (χ2n) is 6.20. The van der Waals surface area contributed by atoms with E-state index in [1.165, 1.54) is 43.5 Å². The summed E-state index contributed by atoms with van der Waals surface area (Å²) >= 11 is 15.5. The first-order chi connectivity index (χ1) is 14.7. The van der Waals surface area contributed by atoms with Crippen LogP contribution in [0.25, 0.3) is 11.6 Å². The molecule has 0 atom stereocenters. The molecule has 0 heterocycles. The van der Waals surface area contributed by atoms with Crippen LogP contribution in [0.15, 0.2) is 70.0 Å². The van der Waals surface area contributed by atoms with Crippen molar-refractivity contribution in [2.45, 2.75) is 4.90 Å². The van der Waals surface area contributed by atoms with Crippen LogP contribution in [0.1, 0.15) is 11.1 Å². The van der Waals surface area contributed by atoms with Gasteiger partial charge in [0.2, 0.25) is 5.75 Å². The van der Waals surface area contributed by atoms with Gasteiger partial charge >= 0.3 is 10.1 Å². The zero-order valence-electron chi connectivity index (χ0n) is 16.0. The van der Waals surface area contributed by atoms with E-state index in [0.717, 1.165) is 4.47 Å². The van der Waals surface area contributed by atoms with Crippen molar-refractivity contribution in [1.82, 2.24) is 0 Å². The summed E-state index contributed by atoms with van der Waals surface area (Å²) in [6.07, 6.45) is 1.62. The smallest absolute Gasteiger partial charge is 0.339 e. The van der Waals surface area contributed by atoms with Crippen molar-refractivity contribution in [3.05, 3.63) is 86.3 Å². The zero-order valence-corrected chi connectivity index (χ0v) is 19.9. The molecular weight excluding hydrogens is 525 g/mol. The van der Waals surface area contributed by atoms with Gasteiger partial charge in [-0.05, 0) is 65.7 Å². The van der Waals surface area contributed by atoms with Crippen molar-refractivity contribution >= 4 is 60.9 Å². The Balaban J connectivity index is 1.99. The second kappa shape index (κ2) is 9.75. The van der Waals surface area contributed by atoms with E-state index in [-0.39, 0.29) is 21.4 Å². The first-order valence-corrected chi connectivity index (χ1v) is 11.6. The molecule has 0 saturated carbocycles. The van der Waals surface area contributed by atoms with Crippen LogP contribution in [-0.2, 0) is 10.1 Å². The maximum Gasteiger partial charge on any atom is 0.339 e. The number of nitrogens with zero attached hydrogens (tertiary/aromatic N) is 1. The molecule has 0 unspecified atom stereocenters. The molecule has 3 aromatic rings. The first-order valence-electron chi connectivity index (χ1n) is 8.69. The van der Waals surface area contributed by atoms with Gasteiger partial charge in [-0.1, -0.05) is 51.3 Å². The Morgan fingerprint density at radius 2 is 1.71 bits per heavy atom. The maximum atomic E-state index is 12.6.